The van der Waals surface area contributed by atoms with Gasteiger partial charge in [0.25, 0.3) is 0 Å². The number of hydrogen-bond acceptors (Lipinski definition) is 3. The van der Waals surface area contributed by atoms with Crippen LogP contribution in [0, 0.1) is 0 Å². The molecule has 18 heavy (non-hydrogen) atoms. The summed E-state index contributed by atoms with van der Waals surface area (Å²) in [5.74, 6) is 0.966. The zero-order valence-electron chi connectivity index (χ0n) is 10.5. The van der Waals surface area contributed by atoms with Crippen LogP contribution in [0.3, 0.4) is 0 Å². The molecule has 1 saturated heterocycles. The Kier molecular flexibility index (Phi) is 3.21. The maximum atomic E-state index is 5.61. The van der Waals surface area contributed by atoms with E-state index in [9.17, 15) is 0 Å². The maximum absolute atomic E-state index is 5.61. The van der Waals surface area contributed by atoms with E-state index in [-0.39, 0.29) is 0 Å². The van der Waals surface area contributed by atoms with E-state index < -0.39 is 0 Å². The summed E-state index contributed by atoms with van der Waals surface area (Å²) in [5, 5.41) is 4.65. The smallest absolute Gasteiger partial charge is 0.132 e. The zero-order chi connectivity index (χ0) is 12.4. The van der Waals surface area contributed by atoms with Crippen LogP contribution in [0.2, 0.25) is 0 Å². The summed E-state index contributed by atoms with van der Waals surface area (Å²) < 4.78 is 11.1. The summed E-state index contributed by atoms with van der Waals surface area (Å²) in [6, 6.07) is 6.62. The molecule has 2 aromatic rings. The fraction of sp³-hybridized carbons (Fsp3) is 0.429. The molecule has 1 unspecified atom stereocenters. The Bertz CT molecular complexity index is 528. The molecule has 96 valence electrons. The minimum absolute atomic E-state index is 0.307. The lowest BCUT2D eigenvalue weighted by Gasteiger charge is -2.19. The van der Waals surface area contributed by atoms with Gasteiger partial charge in [-0.1, -0.05) is 6.07 Å². The first-order valence-electron chi connectivity index (χ1n) is 6.35. The predicted octanol–water partition coefficient (Wildman–Crippen LogP) is 2.23. The lowest BCUT2D eigenvalue weighted by Crippen LogP contribution is -2.22. The molecule has 4 heteroatoms. The monoisotopic (exact) mass is 246 g/mol. The standard InChI is InChI=1S/C14H18N2O2/c1-17-14-10(13-5-8-18-9-7-16-13)2-3-12-11(14)4-6-15-12/h2-4,6,13,15-16H,5,7-9H2,1H3. The van der Waals surface area contributed by atoms with Crippen molar-refractivity contribution in [2.45, 2.75) is 12.5 Å². The number of benzene rings is 1. The van der Waals surface area contributed by atoms with Crippen LogP contribution >= 0.6 is 0 Å². The highest BCUT2D eigenvalue weighted by Gasteiger charge is 2.19. The SMILES string of the molecule is COc1c(C2CCOCCN2)ccc2[nH]ccc12. The van der Waals surface area contributed by atoms with Gasteiger partial charge in [-0.3, -0.25) is 0 Å². The first-order chi connectivity index (χ1) is 8.90. The van der Waals surface area contributed by atoms with Gasteiger partial charge in [-0.15, -0.1) is 0 Å². The summed E-state index contributed by atoms with van der Waals surface area (Å²) in [6.45, 7) is 2.47. The number of ether oxygens (including phenoxy) is 2. The van der Waals surface area contributed by atoms with Crippen LogP contribution < -0.4 is 10.1 Å². The highest BCUT2D eigenvalue weighted by atomic mass is 16.5. The Balaban J connectivity index is 2.03. The van der Waals surface area contributed by atoms with Crippen molar-refractivity contribution in [1.29, 1.82) is 0 Å². The molecule has 0 amide bonds. The molecule has 0 saturated carbocycles. The van der Waals surface area contributed by atoms with Crippen LogP contribution in [-0.2, 0) is 4.74 Å². The van der Waals surface area contributed by atoms with Gasteiger partial charge in [0.2, 0.25) is 0 Å². The predicted molar refractivity (Wildman–Crippen MR) is 71.0 cm³/mol. The first-order valence-corrected chi connectivity index (χ1v) is 6.35. The van der Waals surface area contributed by atoms with Crippen molar-refractivity contribution in [2.24, 2.45) is 0 Å². The summed E-state index contributed by atoms with van der Waals surface area (Å²) in [5.41, 5.74) is 2.33. The van der Waals surface area contributed by atoms with E-state index in [1.165, 1.54) is 5.56 Å². The Hall–Kier alpha value is -1.52. The van der Waals surface area contributed by atoms with Gasteiger partial charge in [-0.2, -0.15) is 0 Å². The molecule has 0 bridgehead atoms. The van der Waals surface area contributed by atoms with Gasteiger partial charge in [0, 0.05) is 41.9 Å². The quantitative estimate of drug-likeness (QED) is 0.854. The molecule has 1 aliphatic heterocycles. The number of H-pyrrole nitrogens is 1. The van der Waals surface area contributed by atoms with Gasteiger partial charge in [-0.05, 0) is 18.6 Å². The van der Waals surface area contributed by atoms with E-state index in [0.29, 0.717) is 6.04 Å². The topological polar surface area (TPSA) is 46.3 Å². The fourth-order valence-corrected chi connectivity index (χ4v) is 2.60. The minimum Gasteiger partial charge on any atom is -0.496 e. The number of aromatic nitrogens is 1. The average molecular weight is 246 g/mol. The lowest BCUT2D eigenvalue weighted by atomic mass is 10.0. The number of nitrogens with one attached hydrogen (secondary N) is 2. The first kappa shape index (κ1) is 11.6. The van der Waals surface area contributed by atoms with Crippen molar-refractivity contribution < 1.29 is 9.47 Å². The van der Waals surface area contributed by atoms with Crippen molar-refractivity contribution >= 4 is 10.9 Å². The molecule has 2 heterocycles. The number of rotatable bonds is 2. The molecular weight excluding hydrogens is 228 g/mol. The third kappa shape index (κ3) is 1.98. The molecule has 3 rings (SSSR count). The van der Waals surface area contributed by atoms with Gasteiger partial charge in [-0.25, -0.2) is 0 Å². The lowest BCUT2D eigenvalue weighted by molar-refractivity contribution is 0.150. The normalized spacial score (nSPS) is 20.8. The Labute approximate surface area is 106 Å². The number of hydrogen-bond donors (Lipinski definition) is 2. The molecule has 1 aromatic heterocycles. The van der Waals surface area contributed by atoms with Crippen molar-refractivity contribution in [2.75, 3.05) is 26.9 Å². The molecule has 4 nitrogen and oxygen atoms in total. The van der Waals surface area contributed by atoms with E-state index in [1.807, 2.05) is 6.20 Å². The van der Waals surface area contributed by atoms with E-state index >= 15 is 0 Å². The summed E-state index contributed by atoms with van der Waals surface area (Å²) in [6.07, 6.45) is 2.92. The molecule has 1 aromatic carbocycles. The third-order valence-corrected chi connectivity index (χ3v) is 3.48. The summed E-state index contributed by atoms with van der Waals surface area (Å²) in [7, 11) is 1.73. The van der Waals surface area contributed by atoms with Crippen molar-refractivity contribution in [1.82, 2.24) is 10.3 Å². The molecule has 2 N–H and O–H groups in total. The van der Waals surface area contributed by atoms with Crippen LogP contribution in [0.15, 0.2) is 24.4 Å². The van der Waals surface area contributed by atoms with Crippen LogP contribution in [0.25, 0.3) is 10.9 Å². The fourth-order valence-electron chi connectivity index (χ4n) is 2.60. The van der Waals surface area contributed by atoms with Gasteiger partial charge >= 0.3 is 0 Å². The summed E-state index contributed by atoms with van der Waals surface area (Å²) >= 11 is 0. The molecule has 0 spiro atoms. The Morgan fingerprint density at radius 3 is 3.11 bits per heavy atom. The second-order valence-electron chi connectivity index (χ2n) is 4.53. The highest BCUT2D eigenvalue weighted by molar-refractivity contribution is 5.87. The Morgan fingerprint density at radius 1 is 1.28 bits per heavy atom. The maximum Gasteiger partial charge on any atom is 0.132 e. The molecule has 1 fully saturated rings. The van der Waals surface area contributed by atoms with Crippen molar-refractivity contribution in [3.63, 3.8) is 0 Å². The highest BCUT2D eigenvalue weighted by Crippen LogP contribution is 2.34. The number of aromatic amines is 1. The minimum atomic E-state index is 0.307. The van der Waals surface area contributed by atoms with Gasteiger partial charge < -0.3 is 19.8 Å². The van der Waals surface area contributed by atoms with E-state index in [2.05, 4.69) is 28.5 Å². The van der Waals surface area contributed by atoms with Gasteiger partial charge in [0.05, 0.1) is 13.7 Å². The Morgan fingerprint density at radius 2 is 2.22 bits per heavy atom. The van der Waals surface area contributed by atoms with Crippen LogP contribution in [0.5, 0.6) is 5.75 Å². The molecule has 1 atom stereocenters. The molecule has 1 aliphatic rings. The second kappa shape index (κ2) is 5.00. The van der Waals surface area contributed by atoms with Crippen molar-refractivity contribution in [3.05, 3.63) is 30.0 Å². The molecule has 0 radical (unpaired) electrons. The van der Waals surface area contributed by atoms with Crippen LogP contribution in [-0.4, -0.2) is 31.9 Å². The van der Waals surface area contributed by atoms with E-state index in [4.69, 9.17) is 9.47 Å². The van der Waals surface area contributed by atoms with Crippen molar-refractivity contribution in [3.8, 4) is 5.75 Å². The molecular formula is C14H18N2O2. The number of fused-ring (bicyclic) bond motifs is 1. The molecule has 0 aliphatic carbocycles. The second-order valence-corrected chi connectivity index (χ2v) is 4.53. The number of methoxy groups -OCH3 is 1. The summed E-state index contributed by atoms with van der Waals surface area (Å²) in [4.78, 5) is 3.21. The van der Waals surface area contributed by atoms with Crippen LogP contribution in [0.4, 0.5) is 0 Å². The van der Waals surface area contributed by atoms with Crippen LogP contribution in [0.1, 0.15) is 18.0 Å². The third-order valence-electron chi connectivity index (χ3n) is 3.48. The zero-order valence-corrected chi connectivity index (χ0v) is 10.5. The van der Waals surface area contributed by atoms with Gasteiger partial charge in [0.15, 0.2) is 0 Å². The average Bonchev–Trinajstić information content (AvgIpc) is 2.71. The van der Waals surface area contributed by atoms with Gasteiger partial charge in [0.1, 0.15) is 5.75 Å². The van der Waals surface area contributed by atoms with E-state index in [1.54, 1.807) is 7.11 Å². The largest absolute Gasteiger partial charge is 0.496 e. The van der Waals surface area contributed by atoms with E-state index in [0.717, 1.165) is 42.8 Å².